The van der Waals surface area contributed by atoms with E-state index >= 15 is 0 Å². The maximum Gasteiger partial charge on any atom is 0.407 e. The lowest BCUT2D eigenvalue weighted by Gasteiger charge is -2.22. The maximum atomic E-state index is 11.6. The molecule has 0 aliphatic carbocycles. The third-order valence-electron chi connectivity index (χ3n) is 1.83. The van der Waals surface area contributed by atoms with E-state index in [2.05, 4.69) is 5.32 Å². The number of ether oxygens (including phenoxy) is 2. The van der Waals surface area contributed by atoms with Gasteiger partial charge in [-0.25, -0.2) is 4.79 Å². The summed E-state index contributed by atoms with van der Waals surface area (Å²) < 4.78 is 10.2. The lowest BCUT2D eigenvalue weighted by Crippen LogP contribution is -2.40. The molecule has 1 atom stereocenters. The van der Waals surface area contributed by atoms with E-state index in [1.54, 1.807) is 41.5 Å². The Labute approximate surface area is 115 Å². The summed E-state index contributed by atoms with van der Waals surface area (Å²) in [6, 6.07) is -0.755. The van der Waals surface area contributed by atoms with Gasteiger partial charge < -0.3 is 20.5 Å². The fraction of sp³-hybridized carbons (Fsp3) is 0.846. The van der Waals surface area contributed by atoms with Crippen LogP contribution in [0.2, 0.25) is 0 Å². The number of esters is 1. The second-order valence-corrected chi connectivity index (χ2v) is 6.36. The minimum Gasteiger partial charge on any atom is -0.459 e. The van der Waals surface area contributed by atoms with Gasteiger partial charge in [0.25, 0.3) is 0 Å². The molecule has 0 saturated carbocycles. The van der Waals surface area contributed by atoms with Crippen LogP contribution in [-0.4, -0.2) is 35.9 Å². The average Bonchev–Trinajstić information content (AvgIpc) is 2.11. The van der Waals surface area contributed by atoms with E-state index in [0.717, 1.165) is 0 Å². The summed E-state index contributed by atoms with van der Waals surface area (Å²) >= 11 is 0. The Morgan fingerprint density at radius 3 is 1.95 bits per heavy atom. The number of rotatable bonds is 4. The first-order valence-electron chi connectivity index (χ1n) is 6.36. The van der Waals surface area contributed by atoms with Crippen molar-refractivity contribution in [3.63, 3.8) is 0 Å². The Bertz CT molecular complexity index is 316. The van der Waals surface area contributed by atoms with Crippen molar-refractivity contribution < 1.29 is 19.1 Å². The van der Waals surface area contributed by atoms with E-state index in [0.29, 0.717) is 6.42 Å². The van der Waals surface area contributed by atoms with Gasteiger partial charge in [-0.2, -0.15) is 0 Å². The summed E-state index contributed by atoms with van der Waals surface area (Å²) in [5.41, 5.74) is 4.56. The van der Waals surface area contributed by atoms with Gasteiger partial charge in [0.2, 0.25) is 0 Å². The van der Waals surface area contributed by atoms with Gasteiger partial charge in [0.1, 0.15) is 17.2 Å². The van der Waals surface area contributed by atoms with Crippen molar-refractivity contribution in [3.8, 4) is 0 Å². The molecule has 0 rings (SSSR count). The first-order valence-corrected chi connectivity index (χ1v) is 6.36. The van der Waals surface area contributed by atoms with E-state index < -0.39 is 29.3 Å². The summed E-state index contributed by atoms with van der Waals surface area (Å²) in [5.74, 6) is -0.474. The lowest BCUT2D eigenvalue weighted by molar-refractivity contribution is -0.156. The quantitative estimate of drug-likeness (QED) is 0.759. The largest absolute Gasteiger partial charge is 0.459 e. The number of hydrogen-bond donors (Lipinski definition) is 2. The molecule has 6 heteroatoms. The normalized spacial score (nSPS) is 13.6. The Kier molecular flexibility index (Phi) is 6.29. The average molecular weight is 274 g/mol. The SMILES string of the molecule is CC(C)(C)OC(=O)NCCC(N)C(=O)OC(C)(C)C. The van der Waals surface area contributed by atoms with Crippen LogP contribution in [0.4, 0.5) is 4.79 Å². The van der Waals surface area contributed by atoms with E-state index in [9.17, 15) is 9.59 Å². The van der Waals surface area contributed by atoms with Crippen molar-refractivity contribution in [2.45, 2.75) is 65.2 Å². The molecule has 0 aliphatic heterocycles. The molecule has 0 aromatic heterocycles. The zero-order valence-electron chi connectivity index (χ0n) is 12.7. The molecule has 6 nitrogen and oxygen atoms in total. The van der Waals surface area contributed by atoms with Gasteiger partial charge in [0, 0.05) is 6.54 Å². The fourth-order valence-electron chi connectivity index (χ4n) is 1.14. The van der Waals surface area contributed by atoms with Crippen LogP contribution in [-0.2, 0) is 14.3 Å². The molecular weight excluding hydrogens is 248 g/mol. The van der Waals surface area contributed by atoms with Gasteiger partial charge in [-0.15, -0.1) is 0 Å². The standard InChI is InChI=1S/C13H26N2O4/c1-12(2,3)18-10(16)9(14)7-8-15-11(17)19-13(4,5)6/h9H,7-8,14H2,1-6H3,(H,15,17). The maximum absolute atomic E-state index is 11.6. The van der Waals surface area contributed by atoms with Crippen molar-refractivity contribution in [1.29, 1.82) is 0 Å². The highest BCUT2D eigenvalue weighted by Crippen LogP contribution is 2.09. The van der Waals surface area contributed by atoms with Crippen LogP contribution in [0.15, 0.2) is 0 Å². The molecule has 1 unspecified atom stereocenters. The molecule has 3 N–H and O–H groups in total. The van der Waals surface area contributed by atoms with Gasteiger partial charge in [0.15, 0.2) is 0 Å². The highest BCUT2D eigenvalue weighted by molar-refractivity contribution is 5.76. The van der Waals surface area contributed by atoms with Crippen molar-refractivity contribution in [2.75, 3.05) is 6.54 Å². The Morgan fingerprint density at radius 2 is 1.53 bits per heavy atom. The number of amides is 1. The van der Waals surface area contributed by atoms with Crippen molar-refractivity contribution in [1.82, 2.24) is 5.32 Å². The molecule has 0 fully saturated rings. The molecule has 0 heterocycles. The van der Waals surface area contributed by atoms with Gasteiger partial charge in [0.05, 0.1) is 0 Å². The zero-order chi connectivity index (χ0) is 15.3. The first kappa shape index (κ1) is 17.7. The Hall–Kier alpha value is -1.30. The van der Waals surface area contributed by atoms with Gasteiger partial charge in [-0.3, -0.25) is 4.79 Å². The minimum absolute atomic E-state index is 0.259. The van der Waals surface area contributed by atoms with Crippen LogP contribution in [0.25, 0.3) is 0 Å². The van der Waals surface area contributed by atoms with Crippen molar-refractivity contribution in [3.05, 3.63) is 0 Å². The number of carbonyl (C=O) groups excluding carboxylic acids is 2. The summed E-state index contributed by atoms with van der Waals surface area (Å²) in [6.45, 7) is 10.9. The molecule has 1 amide bonds. The molecule has 112 valence electrons. The molecular formula is C13H26N2O4. The molecule has 19 heavy (non-hydrogen) atoms. The lowest BCUT2D eigenvalue weighted by atomic mass is 10.1. The predicted molar refractivity (Wildman–Crippen MR) is 72.7 cm³/mol. The Balaban J connectivity index is 3.95. The topological polar surface area (TPSA) is 90.6 Å². The van der Waals surface area contributed by atoms with Crippen LogP contribution in [0.1, 0.15) is 48.0 Å². The summed E-state index contributed by atoms with van der Waals surface area (Å²) in [6.07, 6.45) is -0.224. The van der Waals surface area contributed by atoms with Crippen LogP contribution >= 0.6 is 0 Å². The fourth-order valence-corrected chi connectivity index (χ4v) is 1.14. The van der Waals surface area contributed by atoms with Crippen LogP contribution in [0.5, 0.6) is 0 Å². The molecule has 0 aliphatic rings. The van der Waals surface area contributed by atoms with Crippen molar-refractivity contribution in [2.24, 2.45) is 5.73 Å². The molecule has 0 spiro atoms. The van der Waals surface area contributed by atoms with Crippen LogP contribution in [0.3, 0.4) is 0 Å². The number of alkyl carbamates (subject to hydrolysis) is 1. The predicted octanol–water partition coefficient (Wildman–Crippen LogP) is 1.57. The number of carbonyl (C=O) groups is 2. The number of nitrogens with one attached hydrogen (secondary N) is 1. The molecule has 0 saturated heterocycles. The van der Waals surface area contributed by atoms with Gasteiger partial charge in [-0.05, 0) is 48.0 Å². The van der Waals surface area contributed by atoms with Gasteiger partial charge >= 0.3 is 12.1 Å². The second kappa shape index (κ2) is 6.75. The minimum atomic E-state index is -0.755. The van der Waals surface area contributed by atoms with E-state index in [-0.39, 0.29) is 6.54 Å². The number of nitrogens with two attached hydrogens (primary N) is 1. The Morgan fingerprint density at radius 1 is 1.05 bits per heavy atom. The first-order chi connectivity index (χ1) is 8.41. The number of hydrogen-bond acceptors (Lipinski definition) is 5. The second-order valence-electron chi connectivity index (χ2n) is 6.36. The summed E-state index contributed by atoms with van der Waals surface area (Å²) in [4.78, 5) is 22.9. The van der Waals surface area contributed by atoms with E-state index in [1.807, 2.05) is 0 Å². The smallest absolute Gasteiger partial charge is 0.407 e. The molecule has 0 aromatic carbocycles. The molecule has 0 aromatic rings. The highest BCUT2D eigenvalue weighted by Gasteiger charge is 2.22. The van der Waals surface area contributed by atoms with Crippen molar-refractivity contribution >= 4 is 12.1 Å². The van der Waals surface area contributed by atoms with Crippen LogP contribution in [0, 0.1) is 0 Å². The molecule has 0 radical (unpaired) electrons. The zero-order valence-corrected chi connectivity index (χ0v) is 12.7. The summed E-state index contributed by atoms with van der Waals surface area (Å²) in [5, 5.41) is 2.54. The summed E-state index contributed by atoms with van der Waals surface area (Å²) in [7, 11) is 0. The van der Waals surface area contributed by atoms with Crippen LogP contribution < -0.4 is 11.1 Å². The highest BCUT2D eigenvalue weighted by atomic mass is 16.6. The van der Waals surface area contributed by atoms with E-state index in [1.165, 1.54) is 0 Å². The van der Waals surface area contributed by atoms with E-state index in [4.69, 9.17) is 15.2 Å². The monoisotopic (exact) mass is 274 g/mol. The van der Waals surface area contributed by atoms with Gasteiger partial charge in [-0.1, -0.05) is 0 Å². The third kappa shape index (κ3) is 10.3. The molecule has 0 bridgehead atoms. The third-order valence-corrected chi connectivity index (χ3v) is 1.83.